The van der Waals surface area contributed by atoms with Crippen molar-refractivity contribution >= 4 is 46.6 Å². The van der Waals surface area contributed by atoms with E-state index >= 15 is 0 Å². The van der Waals surface area contributed by atoms with Crippen LogP contribution in [0.2, 0.25) is 5.02 Å². The molecule has 3 saturated heterocycles. The molecule has 3 N–H and O–H groups in total. The lowest BCUT2D eigenvalue weighted by atomic mass is 9.79. The molecule has 1 atom stereocenters. The highest BCUT2D eigenvalue weighted by Crippen LogP contribution is 2.41. The minimum Gasteiger partial charge on any atom is -0.506 e. The normalized spacial score (nSPS) is 21.2. The Morgan fingerprint density at radius 3 is 2.29 bits per heavy atom. The second-order valence-corrected chi connectivity index (χ2v) is 14.9. The summed E-state index contributed by atoms with van der Waals surface area (Å²) in [5.41, 5.74) is -0.384. The van der Waals surface area contributed by atoms with E-state index in [0.717, 1.165) is 55.4 Å². The van der Waals surface area contributed by atoms with E-state index in [9.17, 15) is 32.7 Å². The van der Waals surface area contributed by atoms with Crippen molar-refractivity contribution in [3.05, 3.63) is 44.6 Å². The molecule has 0 bridgehead atoms. The third-order valence-electron chi connectivity index (χ3n) is 10.5. The van der Waals surface area contributed by atoms with Gasteiger partial charge in [-0.1, -0.05) is 11.6 Å². The van der Waals surface area contributed by atoms with Crippen molar-refractivity contribution in [3.63, 3.8) is 0 Å². The SMILES string of the molecule is CN1CCC(C2CCN(C(=O)[C@@H](Cc3cc(Cl)c(O)c(C(F)(F)F)c3)NC(=O)N3CCC(N4Cc5sccc5NC4=O)CC3)CC2)CC1. The van der Waals surface area contributed by atoms with Crippen molar-refractivity contribution in [2.24, 2.45) is 11.8 Å². The highest BCUT2D eigenvalue weighted by Gasteiger charge is 2.38. The fraction of sp³-hybridized carbons (Fsp3) is 0.606. The zero-order chi connectivity index (χ0) is 34.2. The summed E-state index contributed by atoms with van der Waals surface area (Å²) in [4.78, 5) is 48.8. The molecule has 0 spiro atoms. The number of nitrogens with zero attached hydrogens (tertiary/aromatic N) is 4. The second-order valence-electron chi connectivity index (χ2n) is 13.5. The molecule has 1 aromatic heterocycles. The highest BCUT2D eigenvalue weighted by molar-refractivity contribution is 7.10. The average Bonchev–Trinajstić information content (AvgIpc) is 3.52. The quantitative estimate of drug-likeness (QED) is 0.349. The van der Waals surface area contributed by atoms with E-state index in [4.69, 9.17) is 11.6 Å². The summed E-state index contributed by atoms with van der Waals surface area (Å²) in [6.45, 7) is 4.36. The largest absolute Gasteiger partial charge is 0.506 e. The van der Waals surface area contributed by atoms with E-state index in [1.807, 2.05) is 11.4 Å². The average molecular weight is 711 g/mol. The van der Waals surface area contributed by atoms with Crippen molar-refractivity contribution in [2.75, 3.05) is 51.6 Å². The number of rotatable bonds is 6. The second kappa shape index (κ2) is 14.3. The van der Waals surface area contributed by atoms with Crippen molar-refractivity contribution in [3.8, 4) is 5.75 Å². The number of fused-ring (bicyclic) bond motifs is 1. The summed E-state index contributed by atoms with van der Waals surface area (Å²) in [5.74, 6) is -0.304. The van der Waals surface area contributed by atoms with E-state index in [1.54, 1.807) is 26.0 Å². The molecule has 10 nitrogen and oxygen atoms in total. The number of hydrogen-bond donors (Lipinski definition) is 3. The molecule has 0 radical (unpaired) electrons. The number of amides is 5. The van der Waals surface area contributed by atoms with Crippen LogP contribution in [-0.4, -0.2) is 101 Å². The van der Waals surface area contributed by atoms with Crippen LogP contribution < -0.4 is 10.6 Å². The van der Waals surface area contributed by atoms with Gasteiger partial charge in [0.15, 0.2) is 0 Å². The molecule has 15 heteroatoms. The molecule has 6 rings (SSSR count). The third-order valence-corrected chi connectivity index (χ3v) is 11.7. The summed E-state index contributed by atoms with van der Waals surface area (Å²) >= 11 is 7.58. The first-order valence-corrected chi connectivity index (χ1v) is 17.9. The Labute approximate surface area is 287 Å². The molecule has 262 valence electrons. The van der Waals surface area contributed by atoms with Crippen LogP contribution in [0.25, 0.3) is 0 Å². The van der Waals surface area contributed by atoms with Gasteiger partial charge in [0.05, 0.1) is 22.8 Å². The van der Waals surface area contributed by atoms with E-state index in [1.165, 1.54) is 6.07 Å². The zero-order valence-electron chi connectivity index (χ0n) is 26.9. The Morgan fingerprint density at radius 1 is 1.02 bits per heavy atom. The first kappa shape index (κ1) is 34.6. The van der Waals surface area contributed by atoms with E-state index < -0.39 is 34.6 Å². The summed E-state index contributed by atoms with van der Waals surface area (Å²) in [5, 5.41) is 17.2. The van der Waals surface area contributed by atoms with Gasteiger partial charge < -0.3 is 35.3 Å². The first-order chi connectivity index (χ1) is 22.9. The molecule has 1 aromatic carbocycles. The molecular weight excluding hydrogens is 669 g/mol. The number of nitrogens with one attached hydrogen (secondary N) is 2. The van der Waals surface area contributed by atoms with Gasteiger partial charge in [0.1, 0.15) is 11.8 Å². The number of carbonyl (C=O) groups is 3. The molecule has 4 aliphatic rings. The number of benzene rings is 1. The molecule has 0 saturated carbocycles. The topological polar surface area (TPSA) is 108 Å². The molecule has 48 heavy (non-hydrogen) atoms. The fourth-order valence-corrected chi connectivity index (χ4v) is 8.71. The van der Waals surface area contributed by atoms with E-state index in [-0.39, 0.29) is 30.0 Å². The van der Waals surface area contributed by atoms with Crippen LogP contribution in [0.15, 0.2) is 23.6 Å². The van der Waals surface area contributed by atoms with E-state index in [0.29, 0.717) is 57.4 Å². The number of likely N-dealkylation sites (tertiary alicyclic amines) is 3. The Bertz CT molecular complexity index is 1500. The lowest BCUT2D eigenvalue weighted by molar-refractivity contribution is -0.138. The Kier molecular flexibility index (Phi) is 10.3. The van der Waals surface area contributed by atoms with Gasteiger partial charge in [-0.15, -0.1) is 11.3 Å². The number of phenolic OH excluding ortho intramolecular Hbond substituents is 1. The number of carbonyl (C=O) groups excluding carboxylic acids is 3. The number of halogens is 4. The lowest BCUT2D eigenvalue weighted by Gasteiger charge is -2.41. The van der Waals surface area contributed by atoms with Gasteiger partial charge in [-0.05, 0) is 99.6 Å². The fourth-order valence-electron chi connectivity index (χ4n) is 7.64. The van der Waals surface area contributed by atoms with Crippen LogP contribution >= 0.6 is 22.9 Å². The number of alkyl halides is 3. The predicted molar refractivity (Wildman–Crippen MR) is 177 cm³/mol. The molecular formula is C33H42ClF3N6O4S. The summed E-state index contributed by atoms with van der Waals surface area (Å²) in [6, 6.07) is 2.02. The maximum absolute atomic E-state index is 14.0. The van der Waals surface area contributed by atoms with Crippen LogP contribution in [0.4, 0.5) is 28.4 Å². The van der Waals surface area contributed by atoms with Gasteiger partial charge in [0, 0.05) is 43.5 Å². The molecule has 5 amide bonds. The van der Waals surface area contributed by atoms with Crippen LogP contribution in [0.1, 0.15) is 54.5 Å². The maximum atomic E-state index is 14.0. The lowest BCUT2D eigenvalue weighted by Crippen LogP contribution is -2.57. The van der Waals surface area contributed by atoms with Gasteiger partial charge >= 0.3 is 18.2 Å². The molecule has 5 heterocycles. The number of phenols is 1. The number of urea groups is 2. The van der Waals surface area contributed by atoms with Gasteiger partial charge in [0.25, 0.3) is 0 Å². The summed E-state index contributed by atoms with van der Waals surface area (Å²) in [6.07, 6.45) is -0.0428. The molecule has 2 aromatic rings. The van der Waals surface area contributed by atoms with Gasteiger partial charge in [-0.2, -0.15) is 13.2 Å². The van der Waals surface area contributed by atoms with Gasteiger partial charge in [0.2, 0.25) is 5.91 Å². The Balaban J connectivity index is 1.13. The Hall–Kier alpha value is -3.23. The zero-order valence-corrected chi connectivity index (χ0v) is 28.5. The van der Waals surface area contributed by atoms with Crippen LogP contribution in [-0.2, 0) is 23.9 Å². The van der Waals surface area contributed by atoms with Crippen LogP contribution in [0.5, 0.6) is 5.75 Å². The van der Waals surface area contributed by atoms with E-state index in [2.05, 4.69) is 22.6 Å². The third kappa shape index (κ3) is 7.65. The maximum Gasteiger partial charge on any atom is 0.420 e. The monoisotopic (exact) mass is 710 g/mol. The van der Waals surface area contributed by atoms with Crippen LogP contribution in [0.3, 0.4) is 0 Å². The molecule has 0 aliphatic carbocycles. The van der Waals surface area contributed by atoms with Gasteiger partial charge in [-0.25, -0.2) is 9.59 Å². The highest BCUT2D eigenvalue weighted by atomic mass is 35.5. The smallest absolute Gasteiger partial charge is 0.420 e. The molecule has 0 unspecified atom stereocenters. The minimum atomic E-state index is -4.86. The first-order valence-electron chi connectivity index (χ1n) is 16.6. The number of thiophene rings is 1. The predicted octanol–water partition coefficient (Wildman–Crippen LogP) is 5.84. The molecule has 4 aliphatic heterocycles. The van der Waals surface area contributed by atoms with Crippen molar-refractivity contribution < 1.29 is 32.7 Å². The van der Waals surface area contributed by atoms with Crippen molar-refractivity contribution in [1.29, 1.82) is 0 Å². The van der Waals surface area contributed by atoms with Crippen molar-refractivity contribution in [2.45, 2.75) is 69.8 Å². The van der Waals surface area contributed by atoms with Gasteiger partial charge in [-0.3, -0.25) is 4.79 Å². The Morgan fingerprint density at radius 2 is 1.65 bits per heavy atom. The number of anilines is 1. The van der Waals surface area contributed by atoms with Crippen LogP contribution in [0, 0.1) is 11.8 Å². The number of aromatic hydroxyl groups is 1. The minimum absolute atomic E-state index is 0.0625. The number of hydrogen-bond acceptors (Lipinski definition) is 6. The van der Waals surface area contributed by atoms with Crippen molar-refractivity contribution in [1.82, 2.24) is 24.9 Å². The summed E-state index contributed by atoms with van der Waals surface area (Å²) < 4.78 is 41.1. The summed E-state index contributed by atoms with van der Waals surface area (Å²) in [7, 11) is 2.12. The standard InChI is InChI=1S/C33H42ClF3N6O4S/c1-40-9-2-21(3-10-40)22-4-11-41(12-5-22)30(45)27(18-20-16-24(33(35,36)37)29(44)25(34)17-20)39-31(46)42-13-6-23(7-14-42)43-19-28-26(8-15-48-28)38-32(43)47/h8,15-17,21-23,27,44H,2-7,9-14,18-19H2,1H3,(H,38,47)(H,39,46)/t27-/m1/s1. The molecule has 3 fully saturated rings. The number of piperidine rings is 3.